The molecule has 1 aliphatic rings. The second-order valence-corrected chi connectivity index (χ2v) is 8.11. The maximum absolute atomic E-state index is 15.0. The maximum atomic E-state index is 15.0. The number of benzene rings is 2. The van der Waals surface area contributed by atoms with Crippen molar-refractivity contribution in [3.05, 3.63) is 94.8 Å². The highest BCUT2D eigenvalue weighted by Crippen LogP contribution is 2.39. The third-order valence-electron chi connectivity index (χ3n) is 5.85. The highest BCUT2D eigenvalue weighted by atomic mass is 19.1. The molecule has 0 N–H and O–H groups in total. The summed E-state index contributed by atoms with van der Waals surface area (Å²) in [6.45, 7) is 3.54. The summed E-state index contributed by atoms with van der Waals surface area (Å²) >= 11 is 0. The van der Waals surface area contributed by atoms with Crippen LogP contribution in [0.4, 0.5) is 19.3 Å². The number of hydrogen-bond donors (Lipinski definition) is 0. The highest BCUT2D eigenvalue weighted by molar-refractivity contribution is 6.16. The first-order chi connectivity index (χ1) is 15.7. The summed E-state index contributed by atoms with van der Waals surface area (Å²) in [6.07, 6.45) is 1.45. The molecular formula is C26H21F2N3O2. The Labute approximate surface area is 190 Å². The van der Waals surface area contributed by atoms with Crippen molar-refractivity contribution in [2.45, 2.75) is 25.8 Å². The molecule has 166 valence electrons. The molecule has 1 aliphatic heterocycles. The average molecular weight is 445 g/mol. The van der Waals surface area contributed by atoms with Gasteiger partial charge in [-0.05, 0) is 55.8 Å². The Balaban J connectivity index is 1.68. The van der Waals surface area contributed by atoms with Crippen molar-refractivity contribution in [2.75, 3.05) is 11.9 Å². The third kappa shape index (κ3) is 4.08. The van der Waals surface area contributed by atoms with Crippen LogP contribution in [0.5, 0.6) is 0 Å². The van der Waals surface area contributed by atoms with Crippen molar-refractivity contribution in [3.63, 3.8) is 0 Å². The fourth-order valence-corrected chi connectivity index (χ4v) is 3.87. The zero-order valence-electron chi connectivity index (χ0n) is 18.4. The zero-order valence-corrected chi connectivity index (χ0v) is 18.4. The van der Waals surface area contributed by atoms with Crippen LogP contribution in [-0.4, -0.2) is 28.9 Å². The molecule has 33 heavy (non-hydrogen) atoms. The summed E-state index contributed by atoms with van der Waals surface area (Å²) in [4.78, 5) is 32.2. The average Bonchev–Trinajstić information content (AvgIpc) is 2.78. The van der Waals surface area contributed by atoms with Gasteiger partial charge in [-0.3, -0.25) is 9.78 Å². The van der Waals surface area contributed by atoms with Crippen molar-refractivity contribution >= 4 is 17.6 Å². The van der Waals surface area contributed by atoms with Crippen LogP contribution < -0.4 is 4.90 Å². The van der Waals surface area contributed by atoms with Gasteiger partial charge in [-0.15, -0.1) is 0 Å². The second kappa shape index (κ2) is 8.47. The number of pyridine rings is 1. The topological polar surface area (TPSA) is 53.5 Å². The lowest BCUT2D eigenvalue weighted by Crippen LogP contribution is -2.60. The molecule has 0 radical (unpaired) electrons. The van der Waals surface area contributed by atoms with Crippen molar-refractivity contribution in [2.24, 2.45) is 0 Å². The van der Waals surface area contributed by atoms with E-state index in [1.54, 1.807) is 56.4 Å². The van der Waals surface area contributed by atoms with Crippen LogP contribution in [0, 0.1) is 30.4 Å². The summed E-state index contributed by atoms with van der Waals surface area (Å²) in [6, 6.07) is 13.7. The molecule has 0 bridgehead atoms. The van der Waals surface area contributed by atoms with Gasteiger partial charge in [0.25, 0.3) is 0 Å². The van der Waals surface area contributed by atoms with Crippen molar-refractivity contribution < 1.29 is 18.4 Å². The van der Waals surface area contributed by atoms with Crippen LogP contribution >= 0.6 is 0 Å². The van der Waals surface area contributed by atoms with Crippen LogP contribution in [0.15, 0.2) is 60.8 Å². The molecule has 0 aliphatic carbocycles. The number of carbonyl (C=O) groups is 2. The predicted molar refractivity (Wildman–Crippen MR) is 120 cm³/mol. The van der Waals surface area contributed by atoms with E-state index in [4.69, 9.17) is 0 Å². The smallest absolute Gasteiger partial charge is 0.317 e. The Hall–Kier alpha value is -4.05. The van der Waals surface area contributed by atoms with Crippen molar-refractivity contribution in [3.8, 4) is 11.8 Å². The predicted octanol–water partition coefficient (Wildman–Crippen LogP) is 4.77. The Kier molecular flexibility index (Phi) is 5.69. The minimum Gasteiger partial charge on any atom is -0.317 e. The molecule has 0 saturated carbocycles. The first-order valence-corrected chi connectivity index (χ1v) is 10.3. The van der Waals surface area contributed by atoms with Gasteiger partial charge < -0.3 is 4.90 Å². The Morgan fingerprint density at radius 2 is 1.61 bits per heavy atom. The van der Waals surface area contributed by atoms with E-state index in [0.717, 1.165) is 17.8 Å². The van der Waals surface area contributed by atoms with Gasteiger partial charge in [-0.1, -0.05) is 30.0 Å². The second-order valence-electron chi connectivity index (χ2n) is 8.11. The maximum Gasteiger partial charge on any atom is 0.332 e. The molecule has 5 nitrogen and oxygen atoms in total. The van der Waals surface area contributed by atoms with Gasteiger partial charge in [0.15, 0.2) is 11.6 Å². The van der Waals surface area contributed by atoms with Crippen LogP contribution in [0.2, 0.25) is 0 Å². The SMILES string of the molecule is Cc1cc([C@]2(C)CC(=O)N(c3c(F)cc(C#Cc4ccccc4)cc3F)C(=O)N2C)ccn1. The molecule has 0 unspecified atom stereocenters. The van der Waals surface area contributed by atoms with Crippen LogP contribution in [0.25, 0.3) is 0 Å². The summed E-state index contributed by atoms with van der Waals surface area (Å²) in [5.41, 5.74) is 0.554. The number of carbonyl (C=O) groups excluding carboxylic acids is 2. The molecule has 3 aromatic rings. The minimum atomic E-state index is -1.04. The number of hydrogen-bond acceptors (Lipinski definition) is 3. The Morgan fingerprint density at radius 1 is 0.970 bits per heavy atom. The number of nitrogens with zero attached hydrogens (tertiary/aromatic N) is 3. The largest absolute Gasteiger partial charge is 0.332 e. The van der Waals surface area contributed by atoms with Gasteiger partial charge in [0.1, 0.15) is 5.69 Å². The van der Waals surface area contributed by atoms with Crippen molar-refractivity contribution in [1.29, 1.82) is 0 Å². The van der Waals surface area contributed by atoms with Gasteiger partial charge in [0.2, 0.25) is 5.91 Å². The van der Waals surface area contributed by atoms with Gasteiger partial charge in [-0.2, -0.15) is 0 Å². The van der Waals surface area contributed by atoms with E-state index in [9.17, 15) is 18.4 Å². The van der Waals surface area contributed by atoms with E-state index in [2.05, 4.69) is 16.8 Å². The molecular weight excluding hydrogens is 424 g/mol. The molecule has 2 aromatic carbocycles. The summed E-state index contributed by atoms with van der Waals surface area (Å²) < 4.78 is 30.0. The van der Waals surface area contributed by atoms with Crippen LogP contribution in [0.3, 0.4) is 0 Å². The lowest BCUT2D eigenvalue weighted by atomic mass is 9.85. The fraction of sp³-hybridized carbons (Fsp3) is 0.192. The van der Waals surface area contributed by atoms with Gasteiger partial charge >= 0.3 is 6.03 Å². The van der Waals surface area contributed by atoms with Gasteiger partial charge in [0, 0.05) is 30.1 Å². The van der Waals surface area contributed by atoms with Crippen molar-refractivity contribution in [1.82, 2.24) is 9.88 Å². The molecule has 3 amide bonds. The lowest BCUT2D eigenvalue weighted by molar-refractivity contribution is -0.122. The fourth-order valence-electron chi connectivity index (χ4n) is 3.87. The molecule has 1 atom stereocenters. The zero-order chi connectivity index (χ0) is 23.8. The molecule has 1 fully saturated rings. The monoisotopic (exact) mass is 445 g/mol. The number of aromatic nitrogens is 1. The normalized spacial score (nSPS) is 18.2. The number of urea groups is 1. The van der Waals surface area contributed by atoms with Gasteiger partial charge in [0.05, 0.1) is 12.0 Å². The van der Waals surface area contributed by atoms with E-state index in [1.165, 1.54) is 11.9 Å². The molecule has 1 saturated heterocycles. The number of halogens is 2. The summed E-state index contributed by atoms with van der Waals surface area (Å²) in [5.74, 6) is 2.77. The van der Waals surface area contributed by atoms with E-state index in [0.29, 0.717) is 16.0 Å². The number of imide groups is 1. The third-order valence-corrected chi connectivity index (χ3v) is 5.85. The van der Waals surface area contributed by atoms with E-state index in [-0.39, 0.29) is 12.0 Å². The first-order valence-electron chi connectivity index (χ1n) is 10.3. The number of rotatable bonds is 2. The first kappa shape index (κ1) is 22.2. The minimum absolute atomic E-state index is 0.0972. The lowest BCUT2D eigenvalue weighted by Gasteiger charge is -2.45. The Bertz CT molecular complexity index is 1290. The number of amides is 3. The van der Waals surface area contributed by atoms with Gasteiger partial charge in [-0.25, -0.2) is 18.5 Å². The van der Waals surface area contributed by atoms with E-state index < -0.39 is 34.8 Å². The summed E-state index contributed by atoms with van der Waals surface area (Å²) in [7, 11) is 1.51. The number of anilines is 1. The molecule has 1 aromatic heterocycles. The Morgan fingerprint density at radius 3 is 2.24 bits per heavy atom. The molecule has 7 heteroatoms. The van der Waals surface area contributed by atoms with E-state index in [1.807, 2.05) is 6.07 Å². The summed E-state index contributed by atoms with van der Waals surface area (Å²) in [5, 5.41) is 0. The van der Waals surface area contributed by atoms with Crippen LogP contribution in [-0.2, 0) is 10.3 Å². The number of aryl methyl sites for hydroxylation is 1. The quantitative estimate of drug-likeness (QED) is 0.534. The highest BCUT2D eigenvalue weighted by Gasteiger charge is 2.47. The van der Waals surface area contributed by atoms with E-state index >= 15 is 0 Å². The van der Waals surface area contributed by atoms with Crippen LogP contribution in [0.1, 0.15) is 35.7 Å². The molecule has 4 rings (SSSR count). The molecule has 2 heterocycles. The standard InChI is InChI=1S/C26H21F2N3O2/c1-17-13-20(11-12-29-17)26(2)16-23(32)31(25(33)30(26)3)24-21(27)14-19(15-22(24)28)10-9-18-7-5-4-6-8-18/h4-8,11-15H,16H2,1-3H3/t26-/m0/s1. The molecule has 0 spiro atoms.